The number of benzene rings is 1. The first-order valence-corrected chi connectivity index (χ1v) is 7.92. The summed E-state index contributed by atoms with van der Waals surface area (Å²) < 4.78 is 22.5. The summed E-state index contributed by atoms with van der Waals surface area (Å²) >= 11 is 1.35. The standard InChI is InChI=1S/C11H14O4S2/c1-2-17(14,15)7-6-16-10-5-3-4-9(8-10)11(12)13/h3-5,8H,2,6-7H2,1H3,(H,12,13). The van der Waals surface area contributed by atoms with Crippen LogP contribution in [0.3, 0.4) is 0 Å². The lowest BCUT2D eigenvalue weighted by atomic mass is 10.2. The molecule has 0 spiro atoms. The minimum Gasteiger partial charge on any atom is -0.478 e. The van der Waals surface area contributed by atoms with E-state index in [9.17, 15) is 13.2 Å². The summed E-state index contributed by atoms with van der Waals surface area (Å²) in [7, 11) is -2.95. The largest absolute Gasteiger partial charge is 0.478 e. The fourth-order valence-electron chi connectivity index (χ4n) is 1.15. The second-order valence-electron chi connectivity index (χ2n) is 3.42. The van der Waals surface area contributed by atoms with Crippen LogP contribution in [0.1, 0.15) is 17.3 Å². The van der Waals surface area contributed by atoms with Gasteiger partial charge in [-0.15, -0.1) is 11.8 Å². The van der Waals surface area contributed by atoms with Gasteiger partial charge >= 0.3 is 5.97 Å². The molecule has 0 saturated heterocycles. The smallest absolute Gasteiger partial charge is 0.335 e. The van der Waals surface area contributed by atoms with Crippen molar-refractivity contribution in [2.45, 2.75) is 11.8 Å². The average Bonchev–Trinajstić information content (AvgIpc) is 2.29. The van der Waals surface area contributed by atoms with Gasteiger partial charge in [0.25, 0.3) is 0 Å². The molecule has 0 aliphatic heterocycles. The van der Waals surface area contributed by atoms with Crippen LogP contribution >= 0.6 is 11.8 Å². The molecule has 94 valence electrons. The third-order valence-corrected chi connectivity index (χ3v) is 5.14. The van der Waals surface area contributed by atoms with Crippen molar-refractivity contribution in [3.63, 3.8) is 0 Å². The van der Waals surface area contributed by atoms with E-state index in [2.05, 4.69) is 0 Å². The Kier molecular flexibility index (Phi) is 5.02. The number of carboxylic acids is 1. The van der Waals surface area contributed by atoms with Crippen molar-refractivity contribution in [2.75, 3.05) is 17.3 Å². The normalized spacial score (nSPS) is 11.4. The molecule has 0 fully saturated rings. The van der Waals surface area contributed by atoms with Crippen LogP contribution in [-0.2, 0) is 9.84 Å². The Balaban J connectivity index is 2.58. The summed E-state index contributed by atoms with van der Waals surface area (Å²) in [6.45, 7) is 1.62. The predicted octanol–water partition coefficient (Wildman–Crippen LogP) is 1.91. The lowest BCUT2D eigenvalue weighted by molar-refractivity contribution is 0.0696. The first-order chi connectivity index (χ1) is 7.94. The maximum Gasteiger partial charge on any atom is 0.335 e. The van der Waals surface area contributed by atoms with Crippen LogP contribution in [0.2, 0.25) is 0 Å². The molecule has 0 bridgehead atoms. The lowest BCUT2D eigenvalue weighted by Gasteiger charge is -2.03. The van der Waals surface area contributed by atoms with Gasteiger partial charge in [-0.1, -0.05) is 13.0 Å². The fourth-order valence-corrected chi connectivity index (χ4v) is 3.41. The maximum atomic E-state index is 11.3. The zero-order chi connectivity index (χ0) is 12.9. The molecule has 0 radical (unpaired) electrons. The molecule has 0 atom stereocenters. The number of sulfone groups is 1. The predicted molar refractivity (Wildman–Crippen MR) is 68.5 cm³/mol. The van der Waals surface area contributed by atoms with Crippen molar-refractivity contribution >= 4 is 27.6 Å². The zero-order valence-corrected chi connectivity index (χ0v) is 11.1. The van der Waals surface area contributed by atoms with Crippen LogP contribution in [0.5, 0.6) is 0 Å². The molecule has 0 heterocycles. The molecule has 1 aromatic rings. The average molecular weight is 274 g/mol. The monoisotopic (exact) mass is 274 g/mol. The number of aromatic carboxylic acids is 1. The molecular formula is C11H14O4S2. The molecule has 0 amide bonds. The van der Waals surface area contributed by atoms with Crippen LogP contribution in [-0.4, -0.2) is 36.8 Å². The highest BCUT2D eigenvalue weighted by Crippen LogP contribution is 2.19. The van der Waals surface area contributed by atoms with Crippen molar-refractivity contribution in [1.82, 2.24) is 0 Å². The van der Waals surface area contributed by atoms with E-state index < -0.39 is 15.8 Å². The van der Waals surface area contributed by atoms with Gasteiger partial charge in [-0.2, -0.15) is 0 Å². The molecule has 0 aliphatic carbocycles. The van der Waals surface area contributed by atoms with Crippen LogP contribution in [0.4, 0.5) is 0 Å². The summed E-state index contributed by atoms with van der Waals surface area (Å²) in [4.78, 5) is 11.5. The zero-order valence-electron chi connectivity index (χ0n) is 9.42. The van der Waals surface area contributed by atoms with Gasteiger partial charge in [-0.3, -0.25) is 0 Å². The van der Waals surface area contributed by atoms with Gasteiger partial charge in [0.1, 0.15) is 0 Å². The van der Waals surface area contributed by atoms with Crippen LogP contribution < -0.4 is 0 Å². The molecule has 4 nitrogen and oxygen atoms in total. The van der Waals surface area contributed by atoms with Crippen molar-refractivity contribution in [3.05, 3.63) is 29.8 Å². The third kappa shape index (κ3) is 4.79. The van der Waals surface area contributed by atoms with Gasteiger partial charge in [-0.25, -0.2) is 13.2 Å². The third-order valence-electron chi connectivity index (χ3n) is 2.18. The summed E-state index contributed by atoms with van der Waals surface area (Å²) in [5.41, 5.74) is 0.216. The quantitative estimate of drug-likeness (QED) is 0.802. The van der Waals surface area contributed by atoms with Crippen LogP contribution in [0, 0.1) is 0 Å². The summed E-state index contributed by atoms with van der Waals surface area (Å²) in [5, 5.41) is 8.80. The second-order valence-corrected chi connectivity index (χ2v) is 7.06. The second kappa shape index (κ2) is 6.07. The number of rotatable bonds is 6. The van der Waals surface area contributed by atoms with Crippen molar-refractivity contribution in [1.29, 1.82) is 0 Å². The number of carbonyl (C=O) groups is 1. The fraction of sp³-hybridized carbons (Fsp3) is 0.364. The Morgan fingerprint density at radius 2 is 2.12 bits per heavy atom. The van der Waals surface area contributed by atoms with Crippen molar-refractivity contribution in [2.24, 2.45) is 0 Å². The van der Waals surface area contributed by atoms with E-state index >= 15 is 0 Å². The Bertz CT molecular complexity index is 494. The van der Waals surface area contributed by atoms with E-state index in [0.717, 1.165) is 4.90 Å². The topological polar surface area (TPSA) is 71.4 Å². The van der Waals surface area contributed by atoms with Crippen LogP contribution in [0.15, 0.2) is 29.2 Å². The first-order valence-electron chi connectivity index (χ1n) is 5.11. The highest BCUT2D eigenvalue weighted by atomic mass is 32.2. The van der Waals surface area contributed by atoms with Crippen molar-refractivity contribution in [3.8, 4) is 0 Å². The number of hydrogen-bond acceptors (Lipinski definition) is 4. The summed E-state index contributed by atoms with van der Waals surface area (Å²) in [6, 6.07) is 6.48. The summed E-state index contributed by atoms with van der Waals surface area (Å²) in [6.07, 6.45) is 0. The minimum atomic E-state index is -2.95. The summed E-state index contributed by atoms with van der Waals surface area (Å²) in [5.74, 6) is -0.276. The Morgan fingerprint density at radius 1 is 1.41 bits per heavy atom. The molecular weight excluding hydrogens is 260 g/mol. The van der Waals surface area contributed by atoms with E-state index in [1.807, 2.05) is 0 Å². The Hall–Kier alpha value is -1.01. The van der Waals surface area contributed by atoms with Gasteiger partial charge in [0.2, 0.25) is 0 Å². The van der Waals surface area contributed by atoms with E-state index in [-0.39, 0.29) is 17.1 Å². The molecule has 1 rings (SSSR count). The number of thioether (sulfide) groups is 1. The lowest BCUT2D eigenvalue weighted by Crippen LogP contribution is -2.10. The number of hydrogen-bond donors (Lipinski definition) is 1. The van der Waals surface area contributed by atoms with Crippen molar-refractivity contribution < 1.29 is 18.3 Å². The molecule has 0 aliphatic rings. The molecule has 0 saturated carbocycles. The SMILES string of the molecule is CCS(=O)(=O)CCSc1cccc(C(=O)O)c1. The van der Waals surface area contributed by atoms with E-state index in [0.29, 0.717) is 5.75 Å². The molecule has 0 aromatic heterocycles. The molecule has 1 N–H and O–H groups in total. The maximum absolute atomic E-state index is 11.3. The number of carboxylic acid groups (broad SMARTS) is 1. The van der Waals surface area contributed by atoms with E-state index in [1.165, 1.54) is 17.8 Å². The van der Waals surface area contributed by atoms with Gasteiger partial charge < -0.3 is 5.11 Å². The van der Waals surface area contributed by atoms with E-state index in [1.54, 1.807) is 25.1 Å². The highest BCUT2D eigenvalue weighted by molar-refractivity contribution is 8.00. The van der Waals surface area contributed by atoms with Gasteiger partial charge in [0, 0.05) is 16.4 Å². The first kappa shape index (κ1) is 14.1. The van der Waals surface area contributed by atoms with Gasteiger partial charge in [0.05, 0.1) is 11.3 Å². The van der Waals surface area contributed by atoms with E-state index in [4.69, 9.17) is 5.11 Å². The molecule has 6 heteroatoms. The molecule has 17 heavy (non-hydrogen) atoms. The minimum absolute atomic E-state index is 0.117. The van der Waals surface area contributed by atoms with Crippen LogP contribution in [0.25, 0.3) is 0 Å². The molecule has 0 unspecified atom stereocenters. The van der Waals surface area contributed by atoms with Gasteiger partial charge in [0.15, 0.2) is 9.84 Å². The highest BCUT2D eigenvalue weighted by Gasteiger charge is 2.08. The Labute approximate surface area is 105 Å². The Morgan fingerprint density at radius 3 is 2.71 bits per heavy atom. The molecule has 1 aromatic carbocycles. The van der Waals surface area contributed by atoms with Gasteiger partial charge in [-0.05, 0) is 18.2 Å².